The van der Waals surface area contributed by atoms with Crippen LogP contribution in [0.3, 0.4) is 0 Å². The molecule has 0 unspecified atom stereocenters. The lowest BCUT2D eigenvalue weighted by Gasteiger charge is -2.56. The second-order valence-corrected chi connectivity index (χ2v) is 8.30. The summed E-state index contributed by atoms with van der Waals surface area (Å²) in [6.07, 6.45) is 5.36. The summed E-state index contributed by atoms with van der Waals surface area (Å²) in [6, 6.07) is 0.454. The van der Waals surface area contributed by atoms with Gasteiger partial charge < -0.3 is 14.4 Å². The molecule has 2 heterocycles. The number of ether oxygens (including phenoxy) is 2. The topological polar surface area (TPSA) is 38.8 Å². The first-order valence-electron chi connectivity index (χ1n) is 8.35. The van der Waals surface area contributed by atoms with Crippen molar-refractivity contribution in [3.8, 4) is 0 Å². The van der Waals surface area contributed by atoms with E-state index in [4.69, 9.17) is 9.47 Å². The molecule has 2 saturated heterocycles. The number of hydrogen-bond donors (Lipinski definition) is 0. The maximum absolute atomic E-state index is 12.7. The molecule has 0 saturated carbocycles. The third-order valence-corrected chi connectivity index (χ3v) is 7.30. The van der Waals surface area contributed by atoms with Crippen molar-refractivity contribution >= 4 is 21.7 Å². The van der Waals surface area contributed by atoms with Crippen molar-refractivity contribution in [1.29, 1.82) is 0 Å². The maximum atomic E-state index is 12.7. The summed E-state index contributed by atoms with van der Waals surface area (Å²) in [7, 11) is 3.93. The maximum Gasteiger partial charge on any atom is 0.197 e. The number of likely N-dealkylation sites (tertiary alicyclic amines) is 1. The van der Waals surface area contributed by atoms with Crippen LogP contribution in [-0.2, 0) is 14.3 Å². The number of nitrogens with zero attached hydrogens (tertiary/aromatic N) is 1. The monoisotopic (exact) mass is 377 g/mol. The molecule has 4 atom stereocenters. The zero-order valence-electron chi connectivity index (χ0n) is 13.4. The molecule has 0 aromatic heterocycles. The van der Waals surface area contributed by atoms with E-state index in [1.165, 1.54) is 11.1 Å². The van der Waals surface area contributed by atoms with Crippen LogP contribution in [0, 0.1) is 11.3 Å². The van der Waals surface area contributed by atoms with Gasteiger partial charge in [0.25, 0.3) is 0 Å². The first kappa shape index (κ1) is 14.3. The fourth-order valence-corrected chi connectivity index (χ4v) is 6.58. The minimum Gasteiger partial charge on any atom is -0.497 e. The van der Waals surface area contributed by atoms with Crippen LogP contribution in [0.25, 0.3) is 0 Å². The van der Waals surface area contributed by atoms with Gasteiger partial charge in [0.15, 0.2) is 17.6 Å². The number of carbonyl (C=O) groups excluding carboxylic acids is 1. The Balaban J connectivity index is 1.82. The van der Waals surface area contributed by atoms with E-state index in [-0.39, 0.29) is 17.3 Å². The van der Waals surface area contributed by atoms with E-state index in [1.54, 1.807) is 13.2 Å². The standard InChI is InChI=1S/C18H20BrNO3/c1-20-6-5-18-14-9-3-4-13(22-2)16(14)23-17(18)12(21)8-10(19)15(18)11(20)7-9/h8,11,15,17H,3-7H2,1-2H3/t11-,15+,17+,18-/m1/s1. The summed E-state index contributed by atoms with van der Waals surface area (Å²) in [5.41, 5.74) is 2.62. The smallest absolute Gasteiger partial charge is 0.197 e. The average molecular weight is 378 g/mol. The number of ketones is 1. The quantitative estimate of drug-likeness (QED) is 0.704. The van der Waals surface area contributed by atoms with Gasteiger partial charge >= 0.3 is 0 Å². The van der Waals surface area contributed by atoms with Crippen molar-refractivity contribution in [3.63, 3.8) is 0 Å². The van der Waals surface area contributed by atoms with Gasteiger partial charge in [0.1, 0.15) is 5.76 Å². The molecule has 2 bridgehead atoms. The van der Waals surface area contributed by atoms with Crippen molar-refractivity contribution in [3.05, 3.63) is 33.2 Å². The highest BCUT2D eigenvalue weighted by atomic mass is 79.9. The molecule has 1 spiro atoms. The molecule has 5 heteroatoms. The summed E-state index contributed by atoms with van der Waals surface area (Å²) in [6.45, 7) is 1.01. The van der Waals surface area contributed by atoms with Crippen LogP contribution in [0.5, 0.6) is 0 Å². The molecule has 3 aliphatic carbocycles. The predicted molar refractivity (Wildman–Crippen MR) is 88.8 cm³/mol. The van der Waals surface area contributed by atoms with Crippen LogP contribution in [-0.4, -0.2) is 43.5 Å². The molecular formula is C18H20BrNO3. The summed E-state index contributed by atoms with van der Waals surface area (Å²) in [5, 5.41) is 0. The molecule has 2 aliphatic heterocycles. The summed E-state index contributed by atoms with van der Waals surface area (Å²) >= 11 is 3.73. The van der Waals surface area contributed by atoms with Crippen LogP contribution >= 0.6 is 15.9 Å². The number of allylic oxidation sites excluding steroid dienone is 2. The molecule has 122 valence electrons. The van der Waals surface area contributed by atoms with Crippen molar-refractivity contribution in [2.75, 3.05) is 20.7 Å². The van der Waals surface area contributed by atoms with E-state index in [1.807, 2.05) is 0 Å². The van der Waals surface area contributed by atoms with Gasteiger partial charge in [-0.25, -0.2) is 0 Å². The highest BCUT2D eigenvalue weighted by Gasteiger charge is 2.67. The Morgan fingerprint density at radius 2 is 2.26 bits per heavy atom. The van der Waals surface area contributed by atoms with Gasteiger partial charge in [-0.2, -0.15) is 0 Å². The number of rotatable bonds is 1. The minimum absolute atomic E-state index is 0.0996. The van der Waals surface area contributed by atoms with Crippen LogP contribution in [0.2, 0.25) is 0 Å². The third kappa shape index (κ3) is 1.53. The molecule has 2 fully saturated rings. The van der Waals surface area contributed by atoms with E-state index in [0.29, 0.717) is 12.0 Å². The van der Waals surface area contributed by atoms with E-state index in [0.717, 1.165) is 48.2 Å². The Morgan fingerprint density at radius 1 is 1.43 bits per heavy atom. The van der Waals surface area contributed by atoms with Crippen molar-refractivity contribution in [2.45, 2.75) is 37.8 Å². The SMILES string of the molecule is COC1=C2O[C@H]3C(=O)C=C(Br)[C@H]4[C@H]5CC(=C2[C@@]34CCN5C)CC1. The number of methoxy groups -OCH3 is 1. The zero-order chi connectivity index (χ0) is 15.9. The Morgan fingerprint density at radius 3 is 3.04 bits per heavy atom. The molecule has 0 aromatic rings. The number of halogens is 1. The number of hydrogen-bond acceptors (Lipinski definition) is 4. The van der Waals surface area contributed by atoms with E-state index in [9.17, 15) is 4.79 Å². The predicted octanol–water partition coefficient (Wildman–Crippen LogP) is 2.91. The molecule has 0 radical (unpaired) electrons. The van der Waals surface area contributed by atoms with Gasteiger partial charge in [0.05, 0.1) is 12.5 Å². The molecule has 23 heavy (non-hydrogen) atoms. The van der Waals surface area contributed by atoms with Gasteiger partial charge in [-0.3, -0.25) is 4.79 Å². The number of carbonyl (C=O) groups is 1. The molecule has 0 aromatic carbocycles. The fraction of sp³-hybridized carbons (Fsp3) is 0.611. The van der Waals surface area contributed by atoms with Gasteiger partial charge in [0.2, 0.25) is 0 Å². The molecule has 0 N–H and O–H groups in total. The zero-order valence-corrected chi connectivity index (χ0v) is 15.0. The minimum atomic E-state index is -0.367. The average Bonchev–Trinajstić information content (AvgIpc) is 2.88. The van der Waals surface area contributed by atoms with Crippen LogP contribution in [0.1, 0.15) is 25.7 Å². The van der Waals surface area contributed by atoms with E-state index >= 15 is 0 Å². The van der Waals surface area contributed by atoms with Gasteiger partial charge in [0, 0.05) is 28.4 Å². The highest BCUT2D eigenvalue weighted by molar-refractivity contribution is 9.11. The normalized spacial score (nSPS) is 41.6. The number of piperidine rings is 1. The Hall–Kier alpha value is -1.07. The fourth-order valence-electron chi connectivity index (χ4n) is 5.65. The van der Waals surface area contributed by atoms with Crippen molar-refractivity contribution in [1.82, 2.24) is 4.90 Å². The van der Waals surface area contributed by atoms with Gasteiger partial charge in [-0.15, -0.1) is 0 Å². The van der Waals surface area contributed by atoms with Crippen molar-refractivity contribution < 1.29 is 14.3 Å². The Kier molecular flexibility index (Phi) is 2.80. The van der Waals surface area contributed by atoms with Gasteiger partial charge in [-0.1, -0.05) is 21.5 Å². The first-order valence-corrected chi connectivity index (χ1v) is 9.15. The van der Waals surface area contributed by atoms with E-state index < -0.39 is 0 Å². The molecule has 5 rings (SSSR count). The van der Waals surface area contributed by atoms with Crippen LogP contribution < -0.4 is 0 Å². The largest absolute Gasteiger partial charge is 0.497 e. The van der Waals surface area contributed by atoms with Crippen LogP contribution in [0.4, 0.5) is 0 Å². The molecule has 0 amide bonds. The van der Waals surface area contributed by atoms with E-state index in [2.05, 4.69) is 27.9 Å². The van der Waals surface area contributed by atoms with Crippen LogP contribution in [0.15, 0.2) is 33.2 Å². The Bertz CT molecular complexity index is 722. The molecule has 4 nitrogen and oxygen atoms in total. The first-order chi connectivity index (χ1) is 11.1. The summed E-state index contributed by atoms with van der Waals surface area (Å²) in [5.74, 6) is 2.22. The van der Waals surface area contributed by atoms with Crippen molar-refractivity contribution in [2.24, 2.45) is 11.3 Å². The lowest BCUT2D eigenvalue weighted by atomic mass is 9.52. The molecule has 5 aliphatic rings. The van der Waals surface area contributed by atoms with Gasteiger partial charge in [-0.05, 0) is 38.9 Å². The second kappa shape index (κ2) is 4.51. The molecular weight excluding hydrogens is 358 g/mol. The Labute approximate surface area is 144 Å². The summed E-state index contributed by atoms with van der Waals surface area (Å²) < 4.78 is 12.9. The second-order valence-electron chi connectivity index (χ2n) is 7.38. The lowest BCUT2D eigenvalue weighted by molar-refractivity contribution is -0.132. The summed E-state index contributed by atoms with van der Waals surface area (Å²) in [4.78, 5) is 15.2. The highest BCUT2D eigenvalue weighted by Crippen LogP contribution is 2.66. The third-order valence-electron chi connectivity index (χ3n) is 6.58. The lowest BCUT2D eigenvalue weighted by Crippen LogP contribution is -2.61.